The third-order valence-corrected chi connectivity index (χ3v) is 2.90. The number of nitro groups is 1. The lowest BCUT2D eigenvalue weighted by atomic mass is 10.1. The van der Waals surface area contributed by atoms with Gasteiger partial charge in [0.25, 0.3) is 0 Å². The van der Waals surface area contributed by atoms with E-state index in [0.29, 0.717) is 12.2 Å². The lowest BCUT2D eigenvalue weighted by molar-refractivity contribution is -0.384. The Labute approximate surface area is 115 Å². The average Bonchev–Trinajstić information content (AvgIpc) is 2.45. The highest BCUT2D eigenvalue weighted by molar-refractivity contribution is 5.68. The standard InChI is InChI=1S/C14H12N4O2/c1-10-4-3-7-16-13(10)9-17-12-6-2-5-11(8-15)14(12)18(19)20/h2-7,17H,9H2,1H3. The fourth-order valence-electron chi connectivity index (χ4n) is 1.86. The Bertz CT molecular complexity index is 692. The van der Waals surface area contributed by atoms with E-state index in [-0.39, 0.29) is 11.3 Å². The van der Waals surface area contributed by atoms with Crippen LogP contribution >= 0.6 is 0 Å². The molecule has 0 radical (unpaired) electrons. The van der Waals surface area contributed by atoms with Gasteiger partial charge in [0.05, 0.1) is 17.2 Å². The molecule has 0 spiro atoms. The van der Waals surface area contributed by atoms with E-state index >= 15 is 0 Å². The number of nitrogens with one attached hydrogen (secondary N) is 1. The Kier molecular flexibility index (Phi) is 3.91. The molecular formula is C14H12N4O2. The van der Waals surface area contributed by atoms with Crippen LogP contribution in [0.25, 0.3) is 0 Å². The van der Waals surface area contributed by atoms with Crippen molar-refractivity contribution in [1.82, 2.24) is 4.98 Å². The second-order valence-electron chi connectivity index (χ2n) is 4.19. The number of aromatic nitrogens is 1. The van der Waals surface area contributed by atoms with Crippen molar-refractivity contribution in [1.29, 1.82) is 5.26 Å². The molecule has 20 heavy (non-hydrogen) atoms. The zero-order chi connectivity index (χ0) is 14.5. The number of anilines is 1. The Morgan fingerprint density at radius 3 is 2.85 bits per heavy atom. The van der Waals surface area contributed by atoms with Gasteiger partial charge < -0.3 is 5.32 Å². The van der Waals surface area contributed by atoms with Crippen LogP contribution in [0, 0.1) is 28.4 Å². The molecule has 0 saturated carbocycles. The summed E-state index contributed by atoms with van der Waals surface area (Å²) in [6.45, 7) is 2.28. The zero-order valence-corrected chi connectivity index (χ0v) is 10.8. The van der Waals surface area contributed by atoms with E-state index in [0.717, 1.165) is 11.3 Å². The molecule has 1 aromatic carbocycles. The molecule has 0 bridgehead atoms. The molecule has 0 saturated heterocycles. The Hall–Kier alpha value is -2.94. The van der Waals surface area contributed by atoms with Crippen molar-refractivity contribution >= 4 is 11.4 Å². The van der Waals surface area contributed by atoms with E-state index in [4.69, 9.17) is 5.26 Å². The summed E-state index contributed by atoms with van der Waals surface area (Å²) in [7, 11) is 0. The van der Waals surface area contributed by atoms with Crippen molar-refractivity contribution in [2.75, 3.05) is 5.32 Å². The van der Waals surface area contributed by atoms with Crippen LogP contribution in [0.1, 0.15) is 16.8 Å². The van der Waals surface area contributed by atoms with Crippen LogP contribution in [-0.2, 0) is 6.54 Å². The van der Waals surface area contributed by atoms with E-state index in [1.54, 1.807) is 18.3 Å². The number of nitrogens with zero attached hydrogens (tertiary/aromatic N) is 3. The minimum atomic E-state index is -0.549. The summed E-state index contributed by atoms with van der Waals surface area (Å²) >= 11 is 0. The lowest BCUT2D eigenvalue weighted by Crippen LogP contribution is -2.06. The summed E-state index contributed by atoms with van der Waals surface area (Å²) in [4.78, 5) is 14.7. The molecule has 1 N–H and O–H groups in total. The van der Waals surface area contributed by atoms with Crippen LogP contribution in [0.2, 0.25) is 0 Å². The molecule has 1 heterocycles. The Morgan fingerprint density at radius 2 is 2.20 bits per heavy atom. The predicted molar refractivity (Wildman–Crippen MR) is 74.1 cm³/mol. The Morgan fingerprint density at radius 1 is 1.40 bits per heavy atom. The SMILES string of the molecule is Cc1cccnc1CNc1cccc(C#N)c1[N+](=O)[O-]. The summed E-state index contributed by atoms with van der Waals surface area (Å²) in [6, 6.07) is 10.2. The van der Waals surface area contributed by atoms with Crippen LogP contribution in [0.4, 0.5) is 11.4 Å². The normalized spacial score (nSPS) is 9.80. The summed E-state index contributed by atoms with van der Waals surface area (Å²) in [6.07, 6.45) is 1.67. The second kappa shape index (κ2) is 5.80. The number of rotatable bonds is 4. The number of nitriles is 1. The molecule has 2 aromatic rings. The molecule has 0 atom stereocenters. The first-order chi connectivity index (χ1) is 9.63. The molecule has 0 fully saturated rings. The third-order valence-electron chi connectivity index (χ3n) is 2.90. The van der Waals surface area contributed by atoms with Gasteiger partial charge in [0.1, 0.15) is 17.3 Å². The molecule has 6 nitrogen and oxygen atoms in total. The number of hydrogen-bond acceptors (Lipinski definition) is 5. The van der Waals surface area contributed by atoms with Gasteiger partial charge in [-0.15, -0.1) is 0 Å². The van der Waals surface area contributed by atoms with Crippen molar-refractivity contribution in [3.8, 4) is 6.07 Å². The summed E-state index contributed by atoms with van der Waals surface area (Å²) < 4.78 is 0. The number of benzene rings is 1. The van der Waals surface area contributed by atoms with Crippen LogP contribution in [0.3, 0.4) is 0 Å². The van der Waals surface area contributed by atoms with E-state index in [9.17, 15) is 10.1 Å². The second-order valence-corrected chi connectivity index (χ2v) is 4.19. The van der Waals surface area contributed by atoms with E-state index < -0.39 is 4.92 Å². The average molecular weight is 268 g/mol. The van der Waals surface area contributed by atoms with E-state index in [1.807, 2.05) is 25.1 Å². The van der Waals surface area contributed by atoms with Gasteiger partial charge in [0, 0.05) is 6.20 Å². The first-order valence-corrected chi connectivity index (χ1v) is 5.95. The minimum Gasteiger partial charge on any atom is -0.374 e. The summed E-state index contributed by atoms with van der Waals surface area (Å²) in [5.41, 5.74) is 1.96. The largest absolute Gasteiger partial charge is 0.374 e. The van der Waals surface area contributed by atoms with Gasteiger partial charge in [0.15, 0.2) is 0 Å². The first kappa shape index (κ1) is 13.5. The van der Waals surface area contributed by atoms with Crippen molar-refractivity contribution in [3.63, 3.8) is 0 Å². The maximum atomic E-state index is 11.1. The topological polar surface area (TPSA) is 91.8 Å². The monoisotopic (exact) mass is 268 g/mol. The fourth-order valence-corrected chi connectivity index (χ4v) is 1.86. The third kappa shape index (κ3) is 2.72. The molecule has 0 aliphatic carbocycles. The molecule has 0 unspecified atom stereocenters. The highest BCUT2D eigenvalue weighted by Gasteiger charge is 2.19. The van der Waals surface area contributed by atoms with Crippen LogP contribution < -0.4 is 5.32 Å². The summed E-state index contributed by atoms with van der Waals surface area (Å²) in [5, 5.41) is 23.0. The lowest BCUT2D eigenvalue weighted by Gasteiger charge is -2.09. The molecule has 2 rings (SSSR count). The van der Waals surface area contributed by atoms with Gasteiger partial charge in [-0.1, -0.05) is 12.1 Å². The number of aryl methyl sites for hydroxylation is 1. The van der Waals surface area contributed by atoms with Crippen LogP contribution in [0.5, 0.6) is 0 Å². The van der Waals surface area contributed by atoms with Gasteiger partial charge >= 0.3 is 5.69 Å². The molecule has 0 amide bonds. The van der Waals surface area contributed by atoms with Crippen LogP contribution in [0.15, 0.2) is 36.5 Å². The van der Waals surface area contributed by atoms with Gasteiger partial charge in [0.2, 0.25) is 0 Å². The highest BCUT2D eigenvalue weighted by atomic mass is 16.6. The zero-order valence-electron chi connectivity index (χ0n) is 10.8. The highest BCUT2D eigenvalue weighted by Crippen LogP contribution is 2.28. The summed E-state index contributed by atoms with van der Waals surface area (Å²) in [5.74, 6) is 0. The number of para-hydroxylation sites is 1. The molecule has 0 aliphatic rings. The first-order valence-electron chi connectivity index (χ1n) is 5.95. The maximum Gasteiger partial charge on any atom is 0.309 e. The minimum absolute atomic E-state index is 0.0396. The van der Waals surface area contributed by atoms with Gasteiger partial charge in [-0.3, -0.25) is 15.1 Å². The molecular weight excluding hydrogens is 256 g/mol. The van der Waals surface area contributed by atoms with Crippen molar-refractivity contribution in [3.05, 3.63) is 63.5 Å². The van der Waals surface area contributed by atoms with Gasteiger partial charge in [-0.05, 0) is 30.7 Å². The number of pyridine rings is 1. The van der Waals surface area contributed by atoms with E-state index in [1.165, 1.54) is 6.07 Å². The van der Waals surface area contributed by atoms with Crippen molar-refractivity contribution in [2.45, 2.75) is 13.5 Å². The van der Waals surface area contributed by atoms with Crippen molar-refractivity contribution < 1.29 is 4.92 Å². The fraction of sp³-hybridized carbons (Fsp3) is 0.143. The Balaban J connectivity index is 2.29. The number of hydrogen-bond donors (Lipinski definition) is 1. The maximum absolute atomic E-state index is 11.1. The smallest absolute Gasteiger partial charge is 0.309 e. The van der Waals surface area contributed by atoms with Gasteiger partial charge in [-0.25, -0.2) is 0 Å². The molecule has 0 aliphatic heterocycles. The predicted octanol–water partition coefficient (Wildman–Crippen LogP) is 2.78. The van der Waals surface area contributed by atoms with Gasteiger partial charge in [-0.2, -0.15) is 5.26 Å². The van der Waals surface area contributed by atoms with Crippen molar-refractivity contribution in [2.24, 2.45) is 0 Å². The number of nitro benzene ring substituents is 1. The molecule has 6 heteroatoms. The molecule has 1 aromatic heterocycles. The molecule has 100 valence electrons. The quantitative estimate of drug-likeness (QED) is 0.680. The van der Waals surface area contributed by atoms with Crippen LogP contribution in [-0.4, -0.2) is 9.91 Å². The van der Waals surface area contributed by atoms with E-state index in [2.05, 4.69) is 10.3 Å².